The van der Waals surface area contributed by atoms with Gasteiger partial charge in [-0.2, -0.15) is 0 Å². The number of fused-ring (bicyclic) bond motifs is 1. The number of carbonyl (C=O) groups excluding carboxylic acids is 1. The van der Waals surface area contributed by atoms with Crippen molar-refractivity contribution in [1.82, 2.24) is 14.9 Å². The second-order valence-corrected chi connectivity index (χ2v) is 8.00. The molecule has 0 saturated heterocycles. The Hall–Kier alpha value is -2.71. The lowest BCUT2D eigenvalue weighted by atomic mass is 10.2. The quantitative estimate of drug-likeness (QED) is 0.659. The number of likely N-dealkylation sites (N-methyl/N-ethyl adjacent to an activating group) is 1. The Balaban J connectivity index is 1.72. The van der Waals surface area contributed by atoms with Crippen molar-refractivity contribution in [3.63, 3.8) is 0 Å². The van der Waals surface area contributed by atoms with Crippen molar-refractivity contribution in [1.29, 1.82) is 0 Å². The summed E-state index contributed by atoms with van der Waals surface area (Å²) in [6.45, 7) is 6.25. The van der Waals surface area contributed by atoms with E-state index < -0.39 is 0 Å². The molecule has 3 rings (SSSR count). The fourth-order valence-corrected chi connectivity index (χ4v) is 3.99. The zero-order valence-electron chi connectivity index (χ0n) is 16.7. The van der Waals surface area contributed by atoms with Crippen molar-refractivity contribution in [2.24, 2.45) is 0 Å². The largest absolute Gasteiger partial charge is 0.497 e. The van der Waals surface area contributed by atoms with Crippen molar-refractivity contribution in [3.05, 3.63) is 40.5 Å². The van der Waals surface area contributed by atoms with Crippen LogP contribution in [0.15, 0.2) is 24.3 Å². The maximum atomic E-state index is 12.4. The normalized spacial score (nSPS) is 12.4. The zero-order valence-corrected chi connectivity index (χ0v) is 17.6. The van der Waals surface area contributed by atoms with Crippen LogP contribution >= 0.6 is 11.3 Å². The maximum Gasteiger partial charge on any atom is 0.238 e. The molecule has 3 aromatic rings. The van der Waals surface area contributed by atoms with Gasteiger partial charge in [-0.15, -0.1) is 11.3 Å². The van der Waals surface area contributed by atoms with Gasteiger partial charge in [-0.05, 0) is 45.5 Å². The highest BCUT2D eigenvalue weighted by Crippen LogP contribution is 2.33. The summed E-state index contributed by atoms with van der Waals surface area (Å²) >= 11 is 1.61. The number of nitrogens with one attached hydrogen (secondary N) is 1. The highest BCUT2D eigenvalue weighted by atomic mass is 32.1. The van der Waals surface area contributed by atoms with Crippen molar-refractivity contribution < 1.29 is 9.53 Å². The highest BCUT2D eigenvalue weighted by Gasteiger charge is 2.20. The van der Waals surface area contributed by atoms with Gasteiger partial charge in [0, 0.05) is 16.6 Å². The first-order chi connectivity index (χ1) is 13.3. The minimum absolute atomic E-state index is 0.125. The molecule has 0 fully saturated rings. The van der Waals surface area contributed by atoms with E-state index in [1.54, 1.807) is 24.5 Å². The van der Waals surface area contributed by atoms with Crippen LogP contribution in [0.5, 0.6) is 5.75 Å². The number of methoxy groups -OCH3 is 1. The zero-order chi connectivity index (χ0) is 20.4. The molecule has 1 aromatic carbocycles. The van der Waals surface area contributed by atoms with Crippen molar-refractivity contribution in [3.8, 4) is 5.75 Å². The minimum Gasteiger partial charge on any atom is -0.497 e. The second kappa shape index (κ2) is 8.12. The number of carbonyl (C=O) groups is 1. The smallest absolute Gasteiger partial charge is 0.238 e. The van der Waals surface area contributed by atoms with Gasteiger partial charge in [0.1, 0.15) is 22.2 Å². The molecule has 3 N–H and O–H groups in total. The number of amides is 1. The lowest BCUT2D eigenvalue weighted by molar-refractivity contribution is -0.117. The predicted molar refractivity (Wildman–Crippen MR) is 114 cm³/mol. The number of nitrogens with two attached hydrogens (primary N) is 1. The van der Waals surface area contributed by atoms with Gasteiger partial charge in [0.25, 0.3) is 0 Å². The van der Waals surface area contributed by atoms with E-state index in [2.05, 4.69) is 17.2 Å². The van der Waals surface area contributed by atoms with Gasteiger partial charge in [-0.3, -0.25) is 9.69 Å². The Kier molecular flexibility index (Phi) is 5.81. The highest BCUT2D eigenvalue weighted by molar-refractivity contribution is 7.18. The SMILES string of the molecule is COc1cccc(NC(=O)CN(C)C(C)c2nc(N)c3c(C)c(C)sc3n2)c1. The van der Waals surface area contributed by atoms with E-state index in [0.717, 1.165) is 15.8 Å². The molecule has 7 nitrogen and oxygen atoms in total. The molecule has 1 unspecified atom stereocenters. The summed E-state index contributed by atoms with van der Waals surface area (Å²) in [5.41, 5.74) is 8.00. The van der Waals surface area contributed by atoms with Crippen molar-refractivity contribution in [2.45, 2.75) is 26.8 Å². The van der Waals surface area contributed by atoms with Crippen LogP contribution in [0.3, 0.4) is 0 Å². The molecule has 0 aliphatic heterocycles. The van der Waals surface area contributed by atoms with Crippen LogP contribution in [-0.2, 0) is 4.79 Å². The summed E-state index contributed by atoms with van der Waals surface area (Å²) in [6.07, 6.45) is 0. The van der Waals surface area contributed by atoms with E-state index in [0.29, 0.717) is 23.1 Å². The fourth-order valence-electron chi connectivity index (χ4n) is 2.95. The van der Waals surface area contributed by atoms with Crippen LogP contribution in [0.2, 0.25) is 0 Å². The van der Waals surface area contributed by atoms with Gasteiger partial charge < -0.3 is 15.8 Å². The van der Waals surface area contributed by atoms with E-state index >= 15 is 0 Å². The van der Waals surface area contributed by atoms with E-state index in [1.807, 2.05) is 44.0 Å². The summed E-state index contributed by atoms with van der Waals surface area (Å²) < 4.78 is 5.18. The standard InChI is InChI=1S/C20H25N5O2S/c1-11-13(3)28-20-17(11)18(21)23-19(24-20)12(2)25(4)10-16(26)22-14-7-6-8-15(9-14)27-5/h6-9,12H,10H2,1-5H3,(H,22,26)(H2,21,23,24). The number of hydrogen-bond donors (Lipinski definition) is 2. The van der Waals surface area contributed by atoms with E-state index in [9.17, 15) is 4.79 Å². The number of aromatic nitrogens is 2. The van der Waals surface area contributed by atoms with E-state index in [1.165, 1.54) is 4.88 Å². The number of benzene rings is 1. The lowest BCUT2D eigenvalue weighted by Crippen LogP contribution is -2.33. The average Bonchev–Trinajstić information content (AvgIpc) is 2.95. The molecular weight excluding hydrogens is 374 g/mol. The topological polar surface area (TPSA) is 93.4 Å². The minimum atomic E-state index is -0.162. The number of aryl methyl sites for hydroxylation is 2. The average molecular weight is 400 g/mol. The number of nitrogen functional groups attached to an aromatic ring is 1. The first kappa shape index (κ1) is 20.0. The molecule has 1 atom stereocenters. The number of thiophene rings is 1. The molecule has 2 aromatic heterocycles. The van der Waals surface area contributed by atoms with E-state index in [-0.39, 0.29) is 18.5 Å². The summed E-state index contributed by atoms with van der Waals surface area (Å²) in [6, 6.07) is 7.10. The summed E-state index contributed by atoms with van der Waals surface area (Å²) in [7, 11) is 3.46. The molecule has 0 saturated carbocycles. The molecular formula is C20H25N5O2S. The van der Waals surface area contributed by atoms with Gasteiger partial charge in [-0.25, -0.2) is 9.97 Å². The van der Waals surface area contributed by atoms with E-state index in [4.69, 9.17) is 15.5 Å². The first-order valence-corrected chi connectivity index (χ1v) is 9.79. The molecule has 0 bridgehead atoms. The van der Waals surface area contributed by atoms with Gasteiger partial charge in [-0.1, -0.05) is 6.07 Å². The van der Waals surface area contributed by atoms with Crippen LogP contribution in [-0.4, -0.2) is 41.5 Å². The number of rotatable bonds is 6. The van der Waals surface area contributed by atoms with Crippen LogP contribution in [0.4, 0.5) is 11.5 Å². The number of ether oxygens (including phenoxy) is 1. The molecule has 0 aliphatic rings. The monoisotopic (exact) mass is 399 g/mol. The van der Waals surface area contributed by atoms with Gasteiger partial charge >= 0.3 is 0 Å². The summed E-state index contributed by atoms with van der Waals surface area (Å²) in [5, 5.41) is 3.81. The Bertz CT molecular complexity index is 1020. The van der Waals surface area contributed by atoms with Crippen LogP contribution < -0.4 is 15.8 Å². The maximum absolute atomic E-state index is 12.4. The van der Waals surface area contributed by atoms with Crippen molar-refractivity contribution in [2.75, 3.05) is 31.8 Å². The van der Waals surface area contributed by atoms with Gasteiger partial charge in [0.2, 0.25) is 5.91 Å². The van der Waals surface area contributed by atoms with Gasteiger partial charge in [0.05, 0.1) is 25.1 Å². The third kappa shape index (κ3) is 4.07. The molecule has 0 radical (unpaired) electrons. The Morgan fingerprint density at radius 1 is 1.36 bits per heavy atom. The third-order valence-electron chi connectivity index (χ3n) is 4.86. The van der Waals surface area contributed by atoms with Crippen molar-refractivity contribution >= 4 is 39.0 Å². The first-order valence-electron chi connectivity index (χ1n) is 8.97. The molecule has 8 heteroatoms. The Morgan fingerprint density at radius 2 is 2.11 bits per heavy atom. The molecule has 28 heavy (non-hydrogen) atoms. The predicted octanol–water partition coefficient (Wildman–Crippen LogP) is 3.53. The molecule has 148 valence electrons. The summed E-state index contributed by atoms with van der Waals surface area (Å²) in [5.74, 6) is 1.67. The fraction of sp³-hybridized carbons (Fsp3) is 0.350. The third-order valence-corrected chi connectivity index (χ3v) is 5.96. The Labute approximate surface area is 168 Å². The Morgan fingerprint density at radius 3 is 2.82 bits per heavy atom. The molecule has 2 heterocycles. The number of nitrogens with zero attached hydrogens (tertiary/aromatic N) is 3. The molecule has 0 aliphatic carbocycles. The lowest BCUT2D eigenvalue weighted by Gasteiger charge is -2.23. The van der Waals surface area contributed by atoms with Crippen LogP contribution in [0, 0.1) is 13.8 Å². The van der Waals surface area contributed by atoms with Crippen LogP contribution in [0.25, 0.3) is 10.2 Å². The van der Waals surface area contributed by atoms with Gasteiger partial charge in [0.15, 0.2) is 0 Å². The molecule has 1 amide bonds. The number of anilines is 2. The number of hydrogen-bond acceptors (Lipinski definition) is 7. The van der Waals surface area contributed by atoms with Crippen LogP contribution in [0.1, 0.15) is 29.2 Å². The second-order valence-electron chi connectivity index (χ2n) is 6.80. The molecule has 0 spiro atoms. The summed E-state index contributed by atoms with van der Waals surface area (Å²) in [4.78, 5) is 25.6.